The van der Waals surface area contributed by atoms with Crippen LogP contribution in [0.2, 0.25) is 0 Å². The lowest BCUT2D eigenvalue weighted by Crippen LogP contribution is -2.31. The number of hydrogen-bond acceptors (Lipinski definition) is 7. The van der Waals surface area contributed by atoms with Crippen LogP contribution < -0.4 is 0 Å². The van der Waals surface area contributed by atoms with Gasteiger partial charge in [-0.05, 0) is 20.3 Å². The Bertz CT molecular complexity index is 571. The monoisotopic (exact) mass is 275 g/mol. The number of hydrogen-bond donors (Lipinski definition) is 1. The Balaban J connectivity index is 1.86. The van der Waals surface area contributed by atoms with Gasteiger partial charge in [0.2, 0.25) is 11.7 Å². The van der Waals surface area contributed by atoms with Gasteiger partial charge in [0.25, 0.3) is 0 Å². The highest BCUT2D eigenvalue weighted by Gasteiger charge is 2.37. The Kier molecular flexibility index (Phi) is 3.45. The molecule has 2 aromatic heterocycles. The molecule has 0 aliphatic carbocycles. The number of likely N-dealkylation sites (tertiary alicyclic amines) is 1. The Morgan fingerprint density at radius 1 is 1.40 bits per heavy atom. The fraction of sp³-hybridized carbons (Fsp3) is 0.538. The van der Waals surface area contributed by atoms with E-state index in [0.717, 1.165) is 0 Å². The van der Waals surface area contributed by atoms with E-state index in [2.05, 4.69) is 38.9 Å². The summed E-state index contributed by atoms with van der Waals surface area (Å²) in [5.74, 6) is 0.953. The first-order valence-electron chi connectivity index (χ1n) is 6.69. The number of aromatic nitrogens is 4. The zero-order valence-electron chi connectivity index (χ0n) is 11.5. The third kappa shape index (κ3) is 2.41. The van der Waals surface area contributed by atoms with Gasteiger partial charge in [-0.25, -0.2) is 4.98 Å². The van der Waals surface area contributed by atoms with Gasteiger partial charge < -0.3 is 9.63 Å². The first-order valence-corrected chi connectivity index (χ1v) is 6.69. The van der Waals surface area contributed by atoms with Gasteiger partial charge in [-0.1, -0.05) is 5.16 Å². The minimum atomic E-state index is -0.353. The molecule has 0 bridgehead atoms. The van der Waals surface area contributed by atoms with E-state index >= 15 is 0 Å². The van der Waals surface area contributed by atoms with E-state index in [0.29, 0.717) is 36.4 Å². The molecule has 1 aliphatic rings. The number of aliphatic hydroxyl groups excluding tert-OH is 1. The molecule has 0 saturated carbocycles. The summed E-state index contributed by atoms with van der Waals surface area (Å²) in [7, 11) is 0. The smallest absolute Gasteiger partial charge is 0.244 e. The van der Waals surface area contributed by atoms with Gasteiger partial charge >= 0.3 is 0 Å². The summed E-state index contributed by atoms with van der Waals surface area (Å²) >= 11 is 0. The van der Waals surface area contributed by atoms with Gasteiger partial charge in [0.15, 0.2) is 0 Å². The molecule has 3 heterocycles. The second-order valence-electron chi connectivity index (χ2n) is 5.24. The van der Waals surface area contributed by atoms with E-state index in [1.165, 1.54) is 0 Å². The Morgan fingerprint density at radius 3 is 2.95 bits per heavy atom. The lowest BCUT2D eigenvalue weighted by Gasteiger charge is -2.25. The van der Waals surface area contributed by atoms with Crippen molar-refractivity contribution in [1.29, 1.82) is 0 Å². The Morgan fingerprint density at radius 2 is 2.25 bits per heavy atom. The van der Waals surface area contributed by atoms with Gasteiger partial charge in [0, 0.05) is 25.0 Å². The Labute approximate surface area is 116 Å². The van der Waals surface area contributed by atoms with Gasteiger partial charge in [0.05, 0.1) is 18.3 Å². The van der Waals surface area contributed by atoms with Gasteiger partial charge in [-0.15, -0.1) is 0 Å². The summed E-state index contributed by atoms with van der Waals surface area (Å²) in [5, 5.41) is 13.8. The van der Waals surface area contributed by atoms with Gasteiger partial charge in [-0.3, -0.25) is 9.88 Å². The van der Waals surface area contributed by atoms with Crippen LogP contribution in [0.25, 0.3) is 11.5 Å². The molecule has 20 heavy (non-hydrogen) atoms. The fourth-order valence-electron chi connectivity index (χ4n) is 2.54. The largest absolute Gasteiger partial charge is 0.392 e. The van der Waals surface area contributed by atoms with E-state index in [1.54, 1.807) is 18.6 Å². The van der Waals surface area contributed by atoms with Crippen LogP contribution in [0.5, 0.6) is 0 Å². The first-order chi connectivity index (χ1) is 9.65. The summed E-state index contributed by atoms with van der Waals surface area (Å²) in [5.41, 5.74) is 0.581. The highest BCUT2D eigenvalue weighted by atomic mass is 16.5. The number of β-amino-alcohol motifs (C(OH)–C–C–N with tert-alkyl or cyclic N) is 1. The molecular weight excluding hydrogens is 258 g/mol. The average Bonchev–Trinajstić information content (AvgIpc) is 3.06. The molecule has 0 amide bonds. The van der Waals surface area contributed by atoms with Crippen molar-refractivity contribution in [3.63, 3.8) is 0 Å². The topological polar surface area (TPSA) is 88.2 Å². The molecule has 7 nitrogen and oxygen atoms in total. The highest BCUT2D eigenvalue weighted by molar-refractivity contribution is 5.45. The van der Waals surface area contributed by atoms with E-state index in [9.17, 15) is 5.11 Å². The maximum atomic E-state index is 9.85. The van der Waals surface area contributed by atoms with E-state index in [4.69, 9.17) is 4.52 Å². The van der Waals surface area contributed by atoms with Crippen LogP contribution in [0.4, 0.5) is 0 Å². The summed E-state index contributed by atoms with van der Waals surface area (Å²) in [6.07, 6.45) is 5.04. The summed E-state index contributed by atoms with van der Waals surface area (Å²) in [6, 6.07) is 0.270. The van der Waals surface area contributed by atoms with Crippen molar-refractivity contribution < 1.29 is 9.63 Å². The van der Waals surface area contributed by atoms with Crippen LogP contribution in [-0.4, -0.2) is 48.8 Å². The molecular formula is C13H17N5O2. The van der Waals surface area contributed by atoms with E-state index < -0.39 is 0 Å². The summed E-state index contributed by atoms with van der Waals surface area (Å²) in [4.78, 5) is 14.7. The molecule has 1 N–H and O–H groups in total. The summed E-state index contributed by atoms with van der Waals surface area (Å²) in [6.45, 7) is 4.81. The van der Waals surface area contributed by atoms with Crippen molar-refractivity contribution in [3.05, 3.63) is 24.5 Å². The normalized spacial score (nSPS) is 23.6. The molecule has 1 saturated heterocycles. The maximum absolute atomic E-state index is 9.85. The lowest BCUT2D eigenvalue weighted by molar-refractivity contribution is 0.150. The fourth-order valence-corrected chi connectivity index (χ4v) is 2.54. The molecule has 2 atom stereocenters. The predicted octanol–water partition coefficient (Wildman–Crippen LogP) is 1.04. The standard InChI is InChI=1S/C13H17N5O2/c1-8(2)18-7-9(19)5-11(18)13-16-12(17-20-13)10-6-14-3-4-15-10/h3-4,6,8-9,11,19H,5,7H2,1-2H3. The molecule has 106 valence electrons. The molecule has 1 aliphatic heterocycles. The zero-order chi connectivity index (χ0) is 14.1. The minimum Gasteiger partial charge on any atom is -0.392 e. The molecule has 1 fully saturated rings. The third-order valence-corrected chi connectivity index (χ3v) is 3.50. The lowest BCUT2D eigenvalue weighted by atomic mass is 10.2. The van der Waals surface area contributed by atoms with Gasteiger partial charge in [0.1, 0.15) is 5.69 Å². The van der Waals surface area contributed by atoms with Crippen molar-refractivity contribution in [2.45, 2.75) is 38.5 Å². The second-order valence-corrected chi connectivity index (χ2v) is 5.24. The first kappa shape index (κ1) is 13.1. The minimum absolute atomic E-state index is 0.0390. The molecule has 0 aromatic carbocycles. The summed E-state index contributed by atoms with van der Waals surface area (Å²) < 4.78 is 5.35. The van der Waals surface area contributed by atoms with Crippen LogP contribution >= 0.6 is 0 Å². The van der Waals surface area contributed by atoms with E-state index in [1.807, 2.05) is 0 Å². The van der Waals surface area contributed by atoms with Gasteiger partial charge in [-0.2, -0.15) is 4.98 Å². The van der Waals surface area contributed by atoms with Crippen LogP contribution in [0.3, 0.4) is 0 Å². The van der Waals surface area contributed by atoms with Crippen molar-refractivity contribution in [2.24, 2.45) is 0 Å². The average molecular weight is 275 g/mol. The van der Waals surface area contributed by atoms with Crippen LogP contribution in [0, 0.1) is 0 Å². The highest BCUT2D eigenvalue weighted by Crippen LogP contribution is 2.33. The quantitative estimate of drug-likeness (QED) is 0.895. The molecule has 2 aromatic rings. The van der Waals surface area contributed by atoms with Crippen molar-refractivity contribution in [2.75, 3.05) is 6.54 Å². The molecule has 7 heteroatoms. The second kappa shape index (κ2) is 5.26. The zero-order valence-corrected chi connectivity index (χ0v) is 11.5. The van der Waals surface area contributed by atoms with Crippen LogP contribution in [0.1, 0.15) is 32.2 Å². The number of aliphatic hydroxyl groups is 1. The molecule has 2 unspecified atom stereocenters. The number of nitrogens with zero attached hydrogens (tertiary/aromatic N) is 5. The predicted molar refractivity (Wildman–Crippen MR) is 70.5 cm³/mol. The molecule has 0 radical (unpaired) electrons. The van der Waals surface area contributed by atoms with Crippen LogP contribution in [0.15, 0.2) is 23.1 Å². The van der Waals surface area contributed by atoms with Crippen molar-refractivity contribution in [1.82, 2.24) is 25.0 Å². The van der Waals surface area contributed by atoms with Crippen molar-refractivity contribution in [3.8, 4) is 11.5 Å². The van der Waals surface area contributed by atoms with Crippen LogP contribution in [-0.2, 0) is 0 Å². The maximum Gasteiger partial charge on any atom is 0.244 e. The van der Waals surface area contributed by atoms with Crippen molar-refractivity contribution >= 4 is 0 Å². The molecule has 0 spiro atoms. The SMILES string of the molecule is CC(C)N1CC(O)CC1c1nc(-c2cnccn2)no1. The Hall–Kier alpha value is -1.86. The van der Waals surface area contributed by atoms with E-state index in [-0.39, 0.29) is 12.1 Å². The third-order valence-electron chi connectivity index (χ3n) is 3.50. The number of rotatable bonds is 3. The molecule has 3 rings (SSSR count).